The van der Waals surface area contributed by atoms with Crippen LogP contribution < -0.4 is 4.74 Å². The molecule has 0 fully saturated rings. The summed E-state index contributed by atoms with van der Waals surface area (Å²) in [6.07, 6.45) is 2.96. The van der Waals surface area contributed by atoms with Gasteiger partial charge in [0.05, 0.1) is 12.3 Å². The van der Waals surface area contributed by atoms with Gasteiger partial charge in [0.15, 0.2) is 0 Å². The Bertz CT molecular complexity index is 396. The van der Waals surface area contributed by atoms with Crippen molar-refractivity contribution in [2.24, 2.45) is 5.16 Å². The van der Waals surface area contributed by atoms with Gasteiger partial charge < -0.3 is 9.94 Å². The summed E-state index contributed by atoms with van der Waals surface area (Å²) in [7, 11) is 0. The highest BCUT2D eigenvalue weighted by molar-refractivity contribution is 7.98. The van der Waals surface area contributed by atoms with E-state index in [-0.39, 0.29) is 5.82 Å². The molecular formula is C12H16FNO2S. The average molecular weight is 257 g/mol. The molecule has 5 heteroatoms. The predicted octanol–water partition coefficient (Wildman–Crippen LogP) is 3.16. The van der Waals surface area contributed by atoms with Crippen LogP contribution in [0.1, 0.15) is 18.9 Å². The summed E-state index contributed by atoms with van der Waals surface area (Å²) in [5.74, 6) is 1.19. The number of benzene rings is 1. The fourth-order valence-corrected chi connectivity index (χ4v) is 1.76. The lowest BCUT2D eigenvalue weighted by Gasteiger charge is -2.10. The van der Waals surface area contributed by atoms with E-state index in [4.69, 9.17) is 9.94 Å². The van der Waals surface area contributed by atoms with E-state index in [2.05, 4.69) is 5.16 Å². The first-order valence-corrected chi connectivity index (χ1v) is 6.68. The Kier molecular flexibility index (Phi) is 5.83. The maximum Gasteiger partial charge on any atom is 0.128 e. The van der Waals surface area contributed by atoms with Gasteiger partial charge in [0.2, 0.25) is 0 Å². The minimum atomic E-state index is -0.375. The van der Waals surface area contributed by atoms with Crippen LogP contribution in [0.15, 0.2) is 23.4 Å². The molecular weight excluding hydrogens is 241 g/mol. The minimum absolute atomic E-state index is 0.337. The van der Waals surface area contributed by atoms with Crippen molar-refractivity contribution in [3.05, 3.63) is 29.6 Å². The second-order valence-electron chi connectivity index (χ2n) is 3.52. The van der Waals surface area contributed by atoms with E-state index >= 15 is 0 Å². The molecule has 0 aliphatic rings. The van der Waals surface area contributed by atoms with Crippen molar-refractivity contribution in [3.8, 4) is 5.75 Å². The standard InChI is InChI=1S/C12H16FNO2S/c1-9(14-15)11-8-10(13)4-5-12(11)16-6-3-7-17-2/h4-5,8,15H,3,6-7H2,1-2H3/b14-9+. The van der Waals surface area contributed by atoms with E-state index in [1.807, 2.05) is 6.26 Å². The van der Waals surface area contributed by atoms with Gasteiger partial charge in [0, 0.05) is 5.56 Å². The van der Waals surface area contributed by atoms with Gasteiger partial charge in [-0.3, -0.25) is 0 Å². The third-order valence-corrected chi connectivity index (χ3v) is 2.93. The Balaban J connectivity index is 2.76. The van der Waals surface area contributed by atoms with Crippen LogP contribution in [0.5, 0.6) is 5.75 Å². The second-order valence-corrected chi connectivity index (χ2v) is 4.51. The molecule has 0 heterocycles. The zero-order valence-corrected chi connectivity index (χ0v) is 10.8. The van der Waals surface area contributed by atoms with Crippen molar-refractivity contribution in [1.82, 2.24) is 0 Å². The molecule has 0 saturated carbocycles. The van der Waals surface area contributed by atoms with Crippen LogP contribution in [-0.2, 0) is 0 Å². The number of oxime groups is 1. The van der Waals surface area contributed by atoms with Crippen LogP contribution in [0, 0.1) is 5.82 Å². The lowest BCUT2D eigenvalue weighted by atomic mass is 10.1. The summed E-state index contributed by atoms with van der Waals surface area (Å²) in [5.41, 5.74) is 0.820. The highest BCUT2D eigenvalue weighted by atomic mass is 32.2. The van der Waals surface area contributed by atoms with Crippen LogP contribution in [0.25, 0.3) is 0 Å². The van der Waals surface area contributed by atoms with Crippen molar-refractivity contribution in [2.75, 3.05) is 18.6 Å². The van der Waals surface area contributed by atoms with Crippen LogP contribution in [0.4, 0.5) is 4.39 Å². The molecule has 0 radical (unpaired) electrons. The first-order valence-electron chi connectivity index (χ1n) is 5.29. The van der Waals surface area contributed by atoms with Gasteiger partial charge in [-0.15, -0.1) is 0 Å². The van der Waals surface area contributed by atoms with Crippen LogP contribution in [-0.4, -0.2) is 29.5 Å². The number of nitrogens with zero attached hydrogens (tertiary/aromatic N) is 1. The molecule has 1 N–H and O–H groups in total. The van der Waals surface area contributed by atoms with Gasteiger partial charge in [-0.1, -0.05) is 5.16 Å². The van der Waals surface area contributed by atoms with E-state index < -0.39 is 0 Å². The van der Waals surface area contributed by atoms with Gasteiger partial charge in [-0.25, -0.2) is 4.39 Å². The first-order chi connectivity index (χ1) is 8.19. The van der Waals surface area contributed by atoms with Crippen molar-refractivity contribution in [2.45, 2.75) is 13.3 Å². The molecule has 0 amide bonds. The summed E-state index contributed by atoms with van der Waals surface area (Å²) in [5, 5.41) is 11.8. The molecule has 0 spiro atoms. The Hall–Kier alpha value is -1.23. The highest BCUT2D eigenvalue weighted by Gasteiger charge is 2.08. The molecule has 0 aliphatic heterocycles. The van der Waals surface area contributed by atoms with Crippen molar-refractivity contribution in [3.63, 3.8) is 0 Å². The Morgan fingerprint density at radius 3 is 2.94 bits per heavy atom. The highest BCUT2D eigenvalue weighted by Crippen LogP contribution is 2.21. The van der Waals surface area contributed by atoms with Crippen LogP contribution in [0.3, 0.4) is 0 Å². The van der Waals surface area contributed by atoms with Crippen LogP contribution in [0.2, 0.25) is 0 Å². The largest absolute Gasteiger partial charge is 0.493 e. The van der Waals surface area contributed by atoms with E-state index in [1.165, 1.54) is 12.1 Å². The smallest absolute Gasteiger partial charge is 0.128 e. The fourth-order valence-electron chi connectivity index (χ4n) is 1.35. The molecule has 0 saturated heterocycles. The molecule has 0 unspecified atom stereocenters. The van der Waals surface area contributed by atoms with Crippen molar-refractivity contribution >= 4 is 17.5 Å². The molecule has 1 aromatic carbocycles. The Morgan fingerprint density at radius 1 is 1.53 bits per heavy atom. The second kappa shape index (κ2) is 7.17. The van der Waals surface area contributed by atoms with E-state index in [0.29, 0.717) is 23.6 Å². The van der Waals surface area contributed by atoms with Gasteiger partial charge >= 0.3 is 0 Å². The number of hydrogen-bond donors (Lipinski definition) is 1. The summed E-state index contributed by atoms with van der Waals surface area (Å²) >= 11 is 1.75. The summed E-state index contributed by atoms with van der Waals surface area (Å²) in [4.78, 5) is 0. The van der Waals surface area contributed by atoms with Crippen molar-refractivity contribution < 1.29 is 14.3 Å². The lowest BCUT2D eigenvalue weighted by Crippen LogP contribution is -2.05. The zero-order valence-electron chi connectivity index (χ0n) is 9.94. The molecule has 3 nitrogen and oxygen atoms in total. The normalized spacial score (nSPS) is 11.6. The Labute approximate surface area is 105 Å². The number of thioether (sulfide) groups is 1. The number of rotatable bonds is 6. The number of ether oxygens (including phenoxy) is 1. The van der Waals surface area contributed by atoms with E-state index in [1.54, 1.807) is 24.8 Å². The molecule has 0 aromatic heterocycles. The molecule has 17 heavy (non-hydrogen) atoms. The van der Waals surface area contributed by atoms with Gasteiger partial charge in [-0.2, -0.15) is 11.8 Å². The third-order valence-electron chi connectivity index (χ3n) is 2.23. The topological polar surface area (TPSA) is 41.8 Å². The monoisotopic (exact) mass is 257 g/mol. The third kappa shape index (κ3) is 4.26. The summed E-state index contributed by atoms with van der Waals surface area (Å²) < 4.78 is 18.6. The van der Waals surface area contributed by atoms with E-state index in [0.717, 1.165) is 12.2 Å². The minimum Gasteiger partial charge on any atom is -0.493 e. The number of hydrogen-bond acceptors (Lipinski definition) is 4. The average Bonchev–Trinajstić information content (AvgIpc) is 2.35. The molecule has 1 aromatic rings. The first kappa shape index (κ1) is 13.8. The lowest BCUT2D eigenvalue weighted by molar-refractivity contribution is 0.312. The maximum absolute atomic E-state index is 13.1. The summed E-state index contributed by atoms with van der Waals surface area (Å²) in [6, 6.07) is 4.19. The molecule has 0 aliphatic carbocycles. The number of halogens is 1. The summed E-state index contributed by atoms with van der Waals surface area (Å²) in [6.45, 7) is 2.17. The van der Waals surface area contributed by atoms with E-state index in [9.17, 15) is 4.39 Å². The van der Waals surface area contributed by atoms with Crippen molar-refractivity contribution in [1.29, 1.82) is 0 Å². The molecule has 0 bridgehead atoms. The zero-order chi connectivity index (χ0) is 12.7. The molecule has 94 valence electrons. The van der Waals surface area contributed by atoms with Gasteiger partial charge in [-0.05, 0) is 43.6 Å². The Morgan fingerprint density at radius 2 is 2.29 bits per heavy atom. The maximum atomic E-state index is 13.1. The molecule has 1 rings (SSSR count). The SMILES string of the molecule is CSCCCOc1ccc(F)cc1/C(C)=N/O. The predicted molar refractivity (Wildman–Crippen MR) is 68.9 cm³/mol. The van der Waals surface area contributed by atoms with Crippen LogP contribution >= 0.6 is 11.8 Å². The quantitative estimate of drug-likeness (QED) is 0.368. The van der Waals surface area contributed by atoms with Gasteiger partial charge in [0.1, 0.15) is 11.6 Å². The van der Waals surface area contributed by atoms with Gasteiger partial charge in [0.25, 0.3) is 0 Å². The molecule has 0 atom stereocenters. The fraction of sp³-hybridized carbons (Fsp3) is 0.417.